The molecule has 0 fully saturated rings. The van der Waals surface area contributed by atoms with E-state index in [1.807, 2.05) is 24.3 Å². The van der Waals surface area contributed by atoms with Crippen LogP contribution in [0.1, 0.15) is 19.4 Å². The van der Waals surface area contributed by atoms with Crippen LogP contribution in [0.25, 0.3) is 10.9 Å². The summed E-state index contributed by atoms with van der Waals surface area (Å²) in [6, 6.07) is 9.73. The average Bonchev–Trinajstić information content (AvgIpc) is 2.33. The minimum absolute atomic E-state index is 0.114. The Balaban J connectivity index is 2.91. The van der Waals surface area contributed by atoms with E-state index in [1.54, 1.807) is 25.5 Å². The molecule has 18 heavy (non-hydrogen) atoms. The molecule has 0 saturated carbocycles. The molecule has 0 saturated heterocycles. The first-order valence-corrected chi connectivity index (χ1v) is 6.37. The highest BCUT2D eigenvalue weighted by molar-refractivity contribution is 9.10. The van der Waals surface area contributed by atoms with Crippen LogP contribution in [0.5, 0.6) is 0 Å². The van der Waals surface area contributed by atoms with Gasteiger partial charge in [-0.2, -0.15) is 5.26 Å². The summed E-state index contributed by atoms with van der Waals surface area (Å²) >= 11 is 3.42. The predicted octanol–water partition coefficient (Wildman–Crippen LogP) is 3.10. The van der Waals surface area contributed by atoms with Crippen LogP contribution in [0.15, 0.2) is 33.5 Å². The Morgan fingerprint density at radius 2 is 2.00 bits per heavy atom. The number of rotatable bonds is 1. The van der Waals surface area contributed by atoms with Crippen molar-refractivity contribution in [2.45, 2.75) is 19.3 Å². The van der Waals surface area contributed by atoms with E-state index < -0.39 is 5.41 Å². The quantitative estimate of drug-likeness (QED) is 0.812. The van der Waals surface area contributed by atoms with Crippen LogP contribution in [0.4, 0.5) is 0 Å². The summed E-state index contributed by atoms with van der Waals surface area (Å²) in [6.07, 6.45) is 0. The molecule has 0 aliphatic heterocycles. The van der Waals surface area contributed by atoms with Crippen molar-refractivity contribution in [2.75, 3.05) is 0 Å². The topological polar surface area (TPSA) is 45.8 Å². The lowest BCUT2D eigenvalue weighted by Gasteiger charge is -2.17. The molecular formula is C14H13BrN2O. The van der Waals surface area contributed by atoms with Crippen LogP contribution in [0.2, 0.25) is 0 Å². The van der Waals surface area contributed by atoms with Crippen molar-refractivity contribution in [3.05, 3.63) is 44.7 Å². The van der Waals surface area contributed by atoms with Gasteiger partial charge in [-0.05, 0) is 43.5 Å². The van der Waals surface area contributed by atoms with Gasteiger partial charge in [0.15, 0.2) is 0 Å². The highest BCUT2D eigenvalue weighted by atomic mass is 79.9. The fourth-order valence-corrected chi connectivity index (χ4v) is 2.34. The third-order valence-electron chi connectivity index (χ3n) is 3.14. The monoisotopic (exact) mass is 304 g/mol. The Morgan fingerprint density at radius 1 is 1.33 bits per heavy atom. The van der Waals surface area contributed by atoms with Crippen LogP contribution in [0.3, 0.4) is 0 Å². The van der Waals surface area contributed by atoms with E-state index in [1.165, 1.54) is 0 Å². The van der Waals surface area contributed by atoms with Crippen LogP contribution >= 0.6 is 15.9 Å². The maximum absolute atomic E-state index is 12.3. The molecule has 0 N–H and O–H groups in total. The molecule has 4 heteroatoms. The zero-order valence-electron chi connectivity index (χ0n) is 10.5. The highest BCUT2D eigenvalue weighted by Gasteiger charge is 2.24. The fourth-order valence-electron chi connectivity index (χ4n) is 1.96. The maximum atomic E-state index is 12.3. The average molecular weight is 305 g/mol. The lowest BCUT2D eigenvalue weighted by Crippen LogP contribution is -2.30. The molecule has 0 unspecified atom stereocenters. The molecule has 2 aromatic rings. The summed E-state index contributed by atoms with van der Waals surface area (Å²) in [7, 11) is 1.73. The number of aromatic nitrogens is 1. The van der Waals surface area contributed by atoms with E-state index in [9.17, 15) is 10.1 Å². The van der Waals surface area contributed by atoms with Crippen molar-refractivity contribution in [1.29, 1.82) is 5.26 Å². The van der Waals surface area contributed by atoms with Crippen LogP contribution in [-0.4, -0.2) is 4.57 Å². The first-order chi connectivity index (χ1) is 8.36. The SMILES string of the molecule is Cn1c(=O)c(C(C)(C)C#N)cc2cc(Br)ccc21. The van der Waals surface area contributed by atoms with Gasteiger partial charge in [0.05, 0.1) is 17.0 Å². The van der Waals surface area contributed by atoms with Gasteiger partial charge in [-0.1, -0.05) is 15.9 Å². The molecule has 92 valence electrons. The van der Waals surface area contributed by atoms with E-state index in [0.717, 1.165) is 15.4 Å². The summed E-state index contributed by atoms with van der Waals surface area (Å²) < 4.78 is 2.55. The highest BCUT2D eigenvalue weighted by Crippen LogP contribution is 2.24. The van der Waals surface area contributed by atoms with Crippen molar-refractivity contribution >= 4 is 26.8 Å². The number of nitrogens with zero attached hydrogens (tertiary/aromatic N) is 2. The minimum Gasteiger partial charge on any atom is -0.311 e. The zero-order valence-corrected chi connectivity index (χ0v) is 12.1. The van der Waals surface area contributed by atoms with Gasteiger partial charge in [0.2, 0.25) is 0 Å². The molecule has 0 aliphatic rings. The van der Waals surface area contributed by atoms with Crippen LogP contribution in [-0.2, 0) is 12.5 Å². The number of halogens is 1. The Hall–Kier alpha value is -1.60. The molecule has 3 nitrogen and oxygen atoms in total. The second-order valence-electron chi connectivity index (χ2n) is 4.86. The number of aryl methyl sites for hydroxylation is 1. The molecular weight excluding hydrogens is 292 g/mol. The smallest absolute Gasteiger partial charge is 0.255 e. The number of hydrogen-bond donors (Lipinski definition) is 0. The third-order valence-corrected chi connectivity index (χ3v) is 3.63. The number of nitriles is 1. The molecule has 0 amide bonds. The van der Waals surface area contributed by atoms with Crippen molar-refractivity contribution in [3.8, 4) is 6.07 Å². The van der Waals surface area contributed by atoms with Crippen molar-refractivity contribution in [3.63, 3.8) is 0 Å². The van der Waals surface area contributed by atoms with Gasteiger partial charge in [-0.25, -0.2) is 0 Å². The number of fused-ring (bicyclic) bond motifs is 1. The Bertz CT molecular complexity index is 723. The molecule has 0 radical (unpaired) electrons. The predicted molar refractivity (Wildman–Crippen MR) is 75.5 cm³/mol. The van der Waals surface area contributed by atoms with Crippen molar-refractivity contribution in [1.82, 2.24) is 4.57 Å². The second kappa shape index (κ2) is 4.25. The number of benzene rings is 1. The lowest BCUT2D eigenvalue weighted by molar-refractivity contribution is 0.665. The summed E-state index contributed by atoms with van der Waals surface area (Å²) in [5.74, 6) is 0. The van der Waals surface area contributed by atoms with E-state index in [2.05, 4.69) is 22.0 Å². The third kappa shape index (κ3) is 1.95. The van der Waals surface area contributed by atoms with E-state index in [4.69, 9.17) is 0 Å². The van der Waals surface area contributed by atoms with Gasteiger partial charge in [0.25, 0.3) is 5.56 Å². The molecule has 0 bridgehead atoms. The molecule has 1 aromatic heterocycles. The normalized spacial score (nSPS) is 11.5. The van der Waals surface area contributed by atoms with Gasteiger partial charge >= 0.3 is 0 Å². The second-order valence-corrected chi connectivity index (χ2v) is 5.78. The number of hydrogen-bond acceptors (Lipinski definition) is 2. The molecule has 0 atom stereocenters. The largest absolute Gasteiger partial charge is 0.311 e. The zero-order chi connectivity index (χ0) is 13.5. The summed E-state index contributed by atoms with van der Waals surface area (Å²) in [5, 5.41) is 10.1. The van der Waals surface area contributed by atoms with E-state index in [0.29, 0.717) is 5.56 Å². The maximum Gasteiger partial charge on any atom is 0.255 e. The fraction of sp³-hybridized carbons (Fsp3) is 0.286. The first kappa shape index (κ1) is 12.8. The molecule has 1 aromatic carbocycles. The standard InChI is InChI=1S/C14H13BrN2O/c1-14(2,8-16)11-7-9-6-10(15)4-5-12(9)17(3)13(11)18/h4-7H,1-3H3. The van der Waals surface area contributed by atoms with E-state index in [-0.39, 0.29) is 5.56 Å². The number of pyridine rings is 1. The van der Waals surface area contributed by atoms with Gasteiger partial charge in [-0.3, -0.25) is 4.79 Å². The molecule has 1 heterocycles. The van der Waals surface area contributed by atoms with Crippen LogP contribution in [0, 0.1) is 11.3 Å². The first-order valence-electron chi connectivity index (χ1n) is 5.58. The van der Waals surface area contributed by atoms with E-state index >= 15 is 0 Å². The Morgan fingerprint density at radius 3 is 2.61 bits per heavy atom. The van der Waals surface area contributed by atoms with Crippen molar-refractivity contribution in [2.24, 2.45) is 7.05 Å². The lowest BCUT2D eigenvalue weighted by atomic mass is 9.86. The summed E-state index contributed by atoms with van der Waals surface area (Å²) in [5.41, 5.74) is 0.487. The van der Waals surface area contributed by atoms with Crippen LogP contribution < -0.4 is 5.56 Å². The Labute approximate surface area is 114 Å². The minimum atomic E-state index is -0.786. The van der Waals surface area contributed by atoms with Gasteiger partial charge in [0, 0.05) is 17.1 Å². The van der Waals surface area contributed by atoms with Gasteiger partial charge < -0.3 is 4.57 Å². The summed E-state index contributed by atoms with van der Waals surface area (Å²) in [6.45, 7) is 3.51. The van der Waals surface area contributed by atoms with Gasteiger partial charge in [0.1, 0.15) is 0 Å². The molecule has 0 spiro atoms. The Kier molecular flexibility index (Phi) is 3.04. The molecule has 0 aliphatic carbocycles. The van der Waals surface area contributed by atoms with Crippen molar-refractivity contribution < 1.29 is 0 Å². The summed E-state index contributed by atoms with van der Waals surface area (Å²) in [4.78, 5) is 12.3. The van der Waals surface area contributed by atoms with Gasteiger partial charge in [-0.15, -0.1) is 0 Å². The molecule has 2 rings (SSSR count).